The SMILES string of the molecule is O=C(CC1C(=O)NCCN1Cc1ccc(-c2ccccc2)cc1)NC1CCCCC1. The molecule has 1 unspecified atom stereocenters. The Morgan fingerprint density at radius 2 is 1.67 bits per heavy atom. The lowest BCUT2D eigenvalue weighted by Crippen LogP contribution is -2.56. The fraction of sp³-hybridized carbons (Fsp3) is 0.440. The molecule has 1 aliphatic carbocycles. The lowest BCUT2D eigenvalue weighted by molar-refractivity contribution is -0.134. The normalized spacial score (nSPS) is 20.5. The molecule has 1 saturated heterocycles. The van der Waals surface area contributed by atoms with Crippen molar-refractivity contribution in [2.75, 3.05) is 13.1 Å². The standard InChI is InChI=1S/C25H31N3O2/c29-24(27-22-9-5-2-6-10-22)17-23-25(30)26-15-16-28(23)18-19-11-13-21(14-12-19)20-7-3-1-4-8-20/h1,3-4,7-8,11-14,22-23H,2,5-6,9-10,15-18H2,(H,26,30)(H,27,29). The van der Waals surface area contributed by atoms with Gasteiger partial charge in [-0.05, 0) is 29.5 Å². The smallest absolute Gasteiger partial charge is 0.237 e. The minimum atomic E-state index is -0.406. The van der Waals surface area contributed by atoms with Crippen LogP contribution in [-0.4, -0.2) is 41.9 Å². The molecule has 2 amide bonds. The van der Waals surface area contributed by atoms with Crippen molar-refractivity contribution >= 4 is 11.8 Å². The average molecular weight is 406 g/mol. The summed E-state index contributed by atoms with van der Waals surface area (Å²) in [6.45, 7) is 2.05. The molecule has 2 aromatic carbocycles. The van der Waals surface area contributed by atoms with E-state index in [1.807, 2.05) is 18.2 Å². The molecule has 1 heterocycles. The zero-order valence-electron chi connectivity index (χ0n) is 17.5. The summed E-state index contributed by atoms with van der Waals surface area (Å²) in [5.74, 6) is -0.0469. The predicted molar refractivity (Wildman–Crippen MR) is 119 cm³/mol. The third-order valence-corrected chi connectivity index (χ3v) is 6.24. The average Bonchev–Trinajstić information content (AvgIpc) is 2.78. The van der Waals surface area contributed by atoms with Gasteiger partial charge in [0.05, 0.1) is 12.5 Å². The van der Waals surface area contributed by atoms with E-state index < -0.39 is 6.04 Å². The minimum absolute atomic E-state index is 0.00613. The second kappa shape index (κ2) is 9.90. The number of piperazine rings is 1. The summed E-state index contributed by atoms with van der Waals surface area (Å²) in [6, 6.07) is 18.7. The number of carbonyl (C=O) groups excluding carboxylic acids is 2. The number of nitrogens with zero attached hydrogens (tertiary/aromatic N) is 1. The maximum atomic E-state index is 12.6. The van der Waals surface area contributed by atoms with Crippen molar-refractivity contribution in [2.45, 2.75) is 57.2 Å². The van der Waals surface area contributed by atoms with Crippen LogP contribution in [0.5, 0.6) is 0 Å². The van der Waals surface area contributed by atoms with Crippen LogP contribution in [0.15, 0.2) is 54.6 Å². The Hall–Kier alpha value is -2.66. The van der Waals surface area contributed by atoms with E-state index in [2.05, 4.69) is 51.9 Å². The summed E-state index contributed by atoms with van der Waals surface area (Å²) in [5, 5.41) is 6.08. The van der Waals surface area contributed by atoms with Crippen molar-refractivity contribution in [3.8, 4) is 11.1 Å². The van der Waals surface area contributed by atoms with Gasteiger partial charge in [0, 0.05) is 25.7 Å². The van der Waals surface area contributed by atoms with E-state index in [1.165, 1.54) is 30.4 Å². The molecular formula is C25H31N3O2. The first-order valence-electron chi connectivity index (χ1n) is 11.1. The quantitative estimate of drug-likeness (QED) is 0.773. The van der Waals surface area contributed by atoms with Gasteiger partial charge >= 0.3 is 0 Å². The van der Waals surface area contributed by atoms with Crippen molar-refractivity contribution in [3.05, 3.63) is 60.2 Å². The number of carbonyl (C=O) groups is 2. The Bertz CT molecular complexity index is 844. The number of hydrogen-bond acceptors (Lipinski definition) is 3. The number of nitrogens with one attached hydrogen (secondary N) is 2. The third kappa shape index (κ3) is 5.28. The Morgan fingerprint density at radius 3 is 2.40 bits per heavy atom. The molecule has 158 valence electrons. The maximum absolute atomic E-state index is 12.6. The van der Waals surface area contributed by atoms with Crippen LogP contribution in [0.1, 0.15) is 44.1 Å². The van der Waals surface area contributed by atoms with Gasteiger partial charge in [0.15, 0.2) is 0 Å². The van der Waals surface area contributed by atoms with Crippen LogP contribution in [0.2, 0.25) is 0 Å². The summed E-state index contributed by atoms with van der Waals surface area (Å²) in [7, 11) is 0. The predicted octanol–water partition coefficient (Wildman–Crippen LogP) is 3.49. The monoisotopic (exact) mass is 405 g/mol. The van der Waals surface area contributed by atoms with Crippen LogP contribution in [-0.2, 0) is 16.1 Å². The van der Waals surface area contributed by atoms with Crippen LogP contribution < -0.4 is 10.6 Å². The molecule has 2 aliphatic rings. The highest BCUT2D eigenvalue weighted by molar-refractivity contribution is 5.88. The Kier molecular flexibility index (Phi) is 6.80. The molecule has 2 N–H and O–H groups in total. The first-order valence-corrected chi connectivity index (χ1v) is 11.1. The lowest BCUT2D eigenvalue weighted by atomic mass is 9.95. The molecule has 0 spiro atoms. The molecule has 0 aromatic heterocycles. The van der Waals surface area contributed by atoms with Crippen LogP contribution in [0.25, 0.3) is 11.1 Å². The fourth-order valence-electron chi connectivity index (χ4n) is 4.55. The van der Waals surface area contributed by atoms with E-state index in [0.717, 1.165) is 24.9 Å². The van der Waals surface area contributed by atoms with Crippen LogP contribution >= 0.6 is 0 Å². The van der Waals surface area contributed by atoms with E-state index in [0.29, 0.717) is 13.1 Å². The van der Waals surface area contributed by atoms with Crippen molar-refractivity contribution in [1.82, 2.24) is 15.5 Å². The molecule has 4 rings (SSSR count). The lowest BCUT2D eigenvalue weighted by Gasteiger charge is -2.35. The van der Waals surface area contributed by atoms with Crippen molar-refractivity contribution in [2.24, 2.45) is 0 Å². The van der Waals surface area contributed by atoms with Gasteiger partial charge in [0.2, 0.25) is 11.8 Å². The number of hydrogen-bond donors (Lipinski definition) is 2. The molecule has 30 heavy (non-hydrogen) atoms. The van der Waals surface area contributed by atoms with E-state index in [4.69, 9.17) is 0 Å². The first kappa shape index (κ1) is 20.6. The van der Waals surface area contributed by atoms with Crippen molar-refractivity contribution in [3.63, 3.8) is 0 Å². The van der Waals surface area contributed by atoms with E-state index >= 15 is 0 Å². The Labute approximate surface area is 178 Å². The highest BCUT2D eigenvalue weighted by Crippen LogP contribution is 2.21. The molecule has 2 aromatic rings. The van der Waals surface area contributed by atoms with Crippen LogP contribution in [0.3, 0.4) is 0 Å². The highest BCUT2D eigenvalue weighted by atomic mass is 16.2. The molecule has 1 aliphatic heterocycles. The van der Waals surface area contributed by atoms with Gasteiger partial charge in [-0.3, -0.25) is 14.5 Å². The second-order valence-electron chi connectivity index (χ2n) is 8.45. The fourth-order valence-corrected chi connectivity index (χ4v) is 4.55. The summed E-state index contributed by atoms with van der Waals surface area (Å²) in [5.41, 5.74) is 3.53. The molecule has 2 fully saturated rings. The van der Waals surface area contributed by atoms with E-state index in [-0.39, 0.29) is 24.3 Å². The van der Waals surface area contributed by atoms with Crippen molar-refractivity contribution in [1.29, 1.82) is 0 Å². The molecule has 1 atom stereocenters. The second-order valence-corrected chi connectivity index (χ2v) is 8.45. The van der Waals surface area contributed by atoms with Crippen LogP contribution in [0, 0.1) is 0 Å². The molecule has 0 bridgehead atoms. The minimum Gasteiger partial charge on any atom is -0.353 e. The van der Waals surface area contributed by atoms with E-state index in [9.17, 15) is 9.59 Å². The summed E-state index contributed by atoms with van der Waals surface area (Å²) in [4.78, 5) is 27.3. The number of amides is 2. The van der Waals surface area contributed by atoms with Crippen LogP contribution in [0.4, 0.5) is 0 Å². The maximum Gasteiger partial charge on any atom is 0.237 e. The third-order valence-electron chi connectivity index (χ3n) is 6.24. The number of benzene rings is 2. The summed E-state index contributed by atoms with van der Waals surface area (Å²) < 4.78 is 0. The van der Waals surface area contributed by atoms with Crippen molar-refractivity contribution < 1.29 is 9.59 Å². The van der Waals surface area contributed by atoms with Gasteiger partial charge in [-0.1, -0.05) is 73.9 Å². The molecule has 0 radical (unpaired) electrons. The van der Waals surface area contributed by atoms with Gasteiger partial charge in [-0.15, -0.1) is 0 Å². The molecular weight excluding hydrogens is 374 g/mol. The van der Waals surface area contributed by atoms with Gasteiger partial charge in [0.25, 0.3) is 0 Å². The molecule has 5 heteroatoms. The largest absolute Gasteiger partial charge is 0.353 e. The van der Waals surface area contributed by atoms with Gasteiger partial charge < -0.3 is 10.6 Å². The number of rotatable bonds is 6. The molecule has 5 nitrogen and oxygen atoms in total. The Balaban J connectivity index is 1.38. The van der Waals surface area contributed by atoms with E-state index in [1.54, 1.807) is 0 Å². The zero-order chi connectivity index (χ0) is 20.8. The summed E-state index contributed by atoms with van der Waals surface area (Å²) in [6.07, 6.45) is 5.96. The van der Waals surface area contributed by atoms with Gasteiger partial charge in [-0.2, -0.15) is 0 Å². The topological polar surface area (TPSA) is 61.4 Å². The summed E-state index contributed by atoms with van der Waals surface area (Å²) >= 11 is 0. The Morgan fingerprint density at radius 1 is 0.967 bits per heavy atom. The molecule has 1 saturated carbocycles. The zero-order valence-corrected chi connectivity index (χ0v) is 17.5. The first-order chi connectivity index (χ1) is 14.7. The van der Waals surface area contributed by atoms with Gasteiger partial charge in [-0.25, -0.2) is 0 Å². The van der Waals surface area contributed by atoms with Gasteiger partial charge in [0.1, 0.15) is 0 Å². The highest BCUT2D eigenvalue weighted by Gasteiger charge is 2.32.